The molecule has 19 heavy (non-hydrogen) atoms. The van der Waals surface area contributed by atoms with Gasteiger partial charge in [-0.1, -0.05) is 49.7 Å². The lowest BCUT2D eigenvalue weighted by Crippen LogP contribution is -2.04. The molecule has 0 fully saturated rings. The van der Waals surface area contributed by atoms with Crippen molar-refractivity contribution < 1.29 is 9.53 Å². The monoisotopic (exact) mass is 308 g/mol. The summed E-state index contributed by atoms with van der Waals surface area (Å²) in [6, 6.07) is 10.3. The van der Waals surface area contributed by atoms with Gasteiger partial charge in [0.1, 0.15) is 4.91 Å². The van der Waals surface area contributed by atoms with Gasteiger partial charge in [-0.25, -0.2) is 4.79 Å². The number of hydrogen-bond acceptors (Lipinski definition) is 4. The van der Waals surface area contributed by atoms with Crippen molar-refractivity contribution in [2.24, 2.45) is 0 Å². The summed E-state index contributed by atoms with van der Waals surface area (Å²) in [5.74, 6) is -0.197. The van der Waals surface area contributed by atoms with Gasteiger partial charge in [0.15, 0.2) is 0 Å². The van der Waals surface area contributed by atoms with Crippen molar-refractivity contribution >= 4 is 45.9 Å². The standard InChI is InChI=1S/C14H12O2S3/c1-2-16-14(15)13-9-11-8-12(17-19(11)18-13)10-6-4-3-5-7-10/h3-9H,2H2,1H3. The van der Waals surface area contributed by atoms with Gasteiger partial charge in [-0.3, -0.25) is 0 Å². The number of allylic oxidation sites excluding steroid dienone is 2. The summed E-state index contributed by atoms with van der Waals surface area (Å²) < 4.78 is 5.04. The quantitative estimate of drug-likeness (QED) is 0.474. The first-order chi connectivity index (χ1) is 9.28. The molecule has 5 heteroatoms. The molecule has 0 amide bonds. The lowest BCUT2D eigenvalue weighted by Gasteiger charge is -2.05. The predicted molar refractivity (Wildman–Crippen MR) is 86.9 cm³/mol. The van der Waals surface area contributed by atoms with Crippen LogP contribution in [-0.4, -0.2) is 17.4 Å². The molecule has 0 radical (unpaired) electrons. The van der Waals surface area contributed by atoms with E-state index in [2.05, 4.69) is 18.2 Å². The minimum atomic E-state index is -0.197. The van der Waals surface area contributed by atoms with Crippen molar-refractivity contribution in [2.75, 3.05) is 6.61 Å². The highest BCUT2D eigenvalue weighted by atomic mass is 33.5. The fourth-order valence-corrected chi connectivity index (χ4v) is 8.23. The third kappa shape index (κ3) is 2.68. The normalized spacial score (nSPS) is 20.9. The number of rotatable bonds is 3. The van der Waals surface area contributed by atoms with Gasteiger partial charge in [-0.15, -0.1) is 0 Å². The lowest BCUT2D eigenvalue weighted by atomic mass is 10.2. The van der Waals surface area contributed by atoms with Crippen molar-refractivity contribution in [2.45, 2.75) is 6.92 Å². The topological polar surface area (TPSA) is 26.3 Å². The smallest absolute Gasteiger partial charge is 0.345 e. The Morgan fingerprint density at radius 2 is 2.00 bits per heavy atom. The highest BCUT2D eigenvalue weighted by Gasteiger charge is 2.27. The molecule has 0 aromatic heterocycles. The van der Waals surface area contributed by atoms with E-state index < -0.39 is 0 Å². The van der Waals surface area contributed by atoms with E-state index in [4.69, 9.17) is 4.74 Å². The van der Waals surface area contributed by atoms with E-state index in [0.29, 0.717) is 6.61 Å². The lowest BCUT2D eigenvalue weighted by molar-refractivity contribution is -0.137. The van der Waals surface area contributed by atoms with E-state index in [1.807, 2.05) is 42.0 Å². The fraction of sp³-hybridized carbons (Fsp3) is 0.143. The van der Waals surface area contributed by atoms with Gasteiger partial charge in [0.05, 0.1) is 6.61 Å². The van der Waals surface area contributed by atoms with Crippen LogP contribution in [0.5, 0.6) is 0 Å². The average molecular weight is 308 g/mol. The second kappa shape index (κ2) is 5.61. The molecule has 0 saturated heterocycles. The van der Waals surface area contributed by atoms with Crippen LogP contribution in [0, 0.1) is 0 Å². The zero-order valence-corrected chi connectivity index (χ0v) is 12.7. The van der Waals surface area contributed by atoms with E-state index in [-0.39, 0.29) is 14.5 Å². The van der Waals surface area contributed by atoms with Crippen LogP contribution in [0.15, 0.2) is 47.4 Å². The first-order valence-corrected chi connectivity index (χ1v) is 9.81. The molecule has 2 heterocycles. The van der Waals surface area contributed by atoms with Crippen molar-refractivity contribution in [1.82, 2.24) is 0 Å². The van der Waals surface area contributed by atoms with Gasteiger partial charge in [0.25, 0.3) is 0 Å². The number of benzene rings is 1. The third-order valence-electron chi connectivity index (χ3n) is 2.61. The zero-order valence-electron chi connectivity index (χ0n) is 10.3. The Hall–Kier alpha value is -0.910. The van der Waals surface area contributed by atoms with Crippen LogP contribution in [-0.2, 0) is 9.53 Å². The molecule has 3 rings (SSSR count). The van der Waals surface area contributed by atoms with E-state index in [1.54, 1.807) is 10.8 Å². The zero-order chi connectivity index (χ0) is 13.2. The summed E-state index contributed by atoms with van der Waals surface area (Å²) in [5.41, 5.74) is 1.24. The number of ether oxygens (including phenoxy) is 1. The van der Waals surface area contributed by atoms with Crippen LogP contribution in [0.3, 0.4) is 0 Å². The highest BCUT2D eigenvalue weighted by Crippen LogP contribution is 2.61. The van der Waals surface area contributed by atoms with Gasteiger partial charge in [0.2, 0.25) is 0 Å². The Balaban J connectivity index is 1.78. The molecular formula is C14H12O2S3. The van der Waals surface area contributed by atoms with Crippen molar-refractivity contribution in [3.8, 4) is 0 Å². The number of esters is 1. The Morgan fingerprint density at radius 1 is 1.21 bits per heavy atom. The Morgan fingerprint density at radius 3 is 2.68 bits per heavy atom. The van der Waals surface area contributed by atoms with Gasteiger partial charge in [-0.2, -0.15) is 0 Å². The number of carbonyl (C=O) groups is 1. The molecule has 0 spiro atoms. The van der Waals surface area contributed by atoms with E-state index in [1.165, 1.54) is 15.3 Å². The predicted octanol–water partition coefficient (Wildman–Crippen LogP) is 4.24. The second-order valence-electron chi connectivity index (χ2n) is 3.91. The van der Waals surface area contributed by atoms with Crippen LogP contribution in [0.25, 0.3) is 4.91 Å². The molecular weight excluding hydrogens is 296 g/mol. The first kappa shape index (κ1) is 13.1. The fourth-order valence-electron chi connectivity index (χ4n) is 1.75. The molecule has 1 unspecified atom stereocenters. The van der Waals surface area contributed by atoms with Crippen LogP contribution in [0.4, 0.5) is 0 Å². The average Bonchev–Trinajstić information content (AvgIpc) is 2.98. The van der Waals surface area contributed by atoms with Crippen molar-refractivity contribution in [3.05, 3.63) is 53.0 Å². The van der Waals surface area contributed by atoms with Crippen LogP contribution >= 0.6 is 30.1 Å². The molecule has 1 aromatic rings. The van der Waals surface area contributed by atoms with E-state index in [9.17, 15) is 4.79 Å². The summed E-state index contributed by atoms with van der Waals surface area (Å²) in [4.78, 5) is 14.9. The molecule has 2 aliphatic heterocycles. The summed E-state index contributed by atoms with van der Waals surface area (Å²) in [5, 5.41) is 0. The summed E-state index contributed by atoms with van der Waals surface area (Å²) in [7, 11) is 3.46. The van der Waals surface area contributed by atoms with Gasteiger partial charge < -0.3 is 4.74 Å². The second-order valence-corrected chi connectivity index (χ2v) is 9.69. The molecule has 1 aromatic carbocycles. The molecule has 98 valence electrons. The Labute approximate surface area is 122 Å². The maximum Gasteiger partial charge on any atom is 0.345 e. The van der Waals surface area contributed by atoms with Crippen molar-refractivity contribution in [3.63, 3.8) is 0 Å². The molecule has 0 N–H and O–H groups in total. The Kier molecular flexibility index (Phi) is 3.86. The third-order valence-corrected chi connectivity index (χ3v) is 8.89. The van der Waals surface area contributed by atoms with Crippen LogP contribution in [0.1, 0.15) is 12.5 Å². The van der Waals surface area contributed by atoms with Gasteiger partial charge in [0, 0.05) is 9.77 Å². The molecule has 0 bridgehead atoms. The summed E-state index contributed by atoms with van der Waals surface area (Å²) in [6.45, 7) is 2.26. The molecule has 2 aliphatic rings. The van der Waals surface area contributed by atoms with Gasteiger partial charge >= 0.3 is 5.97 Å². The molecule has 0 aliphatic carbocycles. The summed E-state index contributed by atoms with van der Waals surface area (Å²) in [6.07, 6.45) is 4.15. The molecule has 2 nitrogen and oxygen atoms in total. The SMILES string of the molecule is CCOC(=O)C1=CC2=S(S1)SC(c1ccccc1)=C2. The first-order valence-electron chi connectivity index (χ1n) is 5.92. The number of hydrogen-bond donors (Lipinski definition) is 0. The van der Waals surface area contributed by atoms with Crippen molar-refractivity contribution in [1.29, 1.82) is 0 Å². The Bertz CT molecular complexity index is 615. The van der Waals surface area contributed by atoms with Crippen LogP contribution < -0.4 is 0 Å². The van der Waals surface area contributed by atoms with Crippen LogP contribution in [0.2, 0.25) is 0 Å². The van der Waals surface area contributed by atoms with E-state index in [0.717, 1.165) is 4.91 Å². The highest BCUT2D eigenvalue weighted by molar-refractivity contribution is 9.18. The van der Waals surface area contributed by atoms with Gasteiger partial charge in [-0.05, 0) is 35.4 Å². The minimum absolute atomic E-state index is 0.0113. The molecule has 0 saturated carbocycles. The maximum atomic E-state index is 11.7. The number of carbonyl (C=O) groups excluding carboxylic acids is 1. The maximum absolute atomic E-state index is 11.7. The minimum Gasteiger partial charge on any atom is -0.462 e. The molecule has 1 atom stereocenters. The summed E-state index contributed by atoms with van der Waals surface area (Å²) >= 11 is 0. The van der Waals surface area contributed by atoms with E-state index >= 15 is 0 Å². The largest absolute Gasteiger partial charge is 0.462 e.